The zero-order chi connectivity index (χ0) is 22.0. The van der Waals surface area contributed by atoms with Crippen LogP contribution < -0.4 is 10.9 Å². The first-order valence-electron chi connectivity index (χ1n) is 10.1. The largest absolute Gasteiger partial charge is 0.367 e. The van der Waals surface area contributed by atoms with Gasteiger partial charge in [0.25, 0.3) is 5.56 Å². The van der Waals surface area contributed by atoms with Crippen LogP contribution in [0.2, 0.25) is 0 Å². The minimum Gasteiger partial charge on any atom is -0.367 e. The zero-order valence-corrected chi connectivity index (χ0v) is 17.0. The number of halogens is 2. The van der Waals surface area contributed by atoms with Crippen molar-refractivity contribution in [3.63, 3.8) is 0 Å². The van der Waals surface area contributed by atoms with E-state index < -0.39 is 11.5 Å². The summed E-state index contributed by atoms with van der Waals surface area (Å²) in [5, 5.41) is 17.7. The smallest absolute Gasteiger partial charge is 0.261 e. The van der Waals surface area contributed by atoms with Gasteiger partial charge in [-0.05, 0) is 25.3 Å². The number of aromatic nitrogens is 5. The van der Waals surface area contributed by atoms with E-state index in [9.17, 15) is 13.6 Å². The van der Waals surface area contributed by atoms with Crippen LogP contribution in [0.3, 0.4) is 0 Å². The molecule has 1 saturated carbocycles. The number of H-pyrrole nitrogens is 2. The lowest BCUT2D eigenvalue weighted by molar-refractivity contribution is -0.0361. The van der Waals surface area contributed by atoms with Crippen molar-refractivity contribution in [1.82, 2.24) is 25.1 Å². The molecule has 4 rings (SSSR count). The van der Waals surface area contributed by atoms with Gasteiger partial charge in [-0.2, -0.15) is 5.10 Å². The molecule has 31 heavy (non-hydrogen) atoms. The lowest BCUT2D eigenvalue weighted by atomic mass is 9.92. The highest BCUT2D eigenvalue weighted by Gasteiger charge is 2.35. The maximum Gasteiger partial charge on any atom is 0.261 e. The van der Waals surface area contributed by atoms with Crippen LogP contribution in [0.15, 0.2) is 29.1 Å². The maximum absolute atomic E-state index is 13.5. The molecular weight excluding hydrogens is 404 g/mol. The van der Waals surface area contributed by atoms with Crippen LogP contribution >= 0.6 is 0 Å². The van der Waals surface area contributed by atoms with E-state index in [1.54, 1.807) is 0 Å². The van der Waals surface area contributed by atoms with Crippen molar-refractivity contribution in [2.45, 2.75) is 51.0 Å². The Morgan fingerprint density at radius 2 is 2.00 bits per heavy atom. The average molecular weight is 427 g/mol. The van der Waals surface area contributed by atoms with E-state index in [4.69, 9.17) is 5.41 Å². The Morgan fingerprint density at radius 1 is 1.26 bits per heavy atom. The average Bonchev–Trinajstić information content (AvgIpc) is 3.16. The molecule has 0 spiro atoms. The molecule has 2 heterocycles. The number of alkyl halides is 2. The van der Waals surface area contributed by atoms with Gasteiger partial charge in [0.1, 0.15) is 17.5 Å². The minimum absolute atomic E-state index is 0.0824. The number of aromatic amines is 2. The molecular formula is C21H23F2N7O. The number of nitrogens with one attached hydrogen (secondary N) is 4. The second-order valence-electron chi connectivity index (χ2n) is 7.77. The predicted molar refractivity (Wildman–Crippen MR) is 113 cm³/mol. The Morgan fingerprint density at radius 3 is 2.68 bits per heavy atom. The lowest BCUT2D eigenvalue weighted by Crippen LogP contribution is -2.33. The highest BCUT2D eigenvalue weighted by atomic mass is 19.3. The molecule has 10 heteroatoms. The van der Waals surface area contributed by atoms with Crippen molar-refractivity contribution in [1.29, 1.82) is 5.41 Å². The van der Waals surface area contributed by atoms with Gasteiger partial charge in [0.2, 0.25) is 5.92 Å². The number of hydrogen-bond acceptors (Lipinski definition) is 6. The number of anilines is 1. The number of rotatable bonds is 6. The van der Waals surface area contributed by atoms with Crippen LogP contribution in [0.4, 0.5) is 14.6 Å². The van der Waals surface area contributed by atoms with Crippen molar-refractivity contribution in [2.75, 3.05) is 5.32 Å². The quantitative estimate of drug-likeness (QED) is 0.449. The van der Waals surface area contributed by atoms with E-state index in [0.29, 0.717) is 23.9 Å². The van der Waals surface area contributed by atoms with Crippen molar-refractivity contribution < 1.29 is 8.78 Å². The number of aryl methyl sites for hydroxylation is 1. The molecule has 0 saturated heterocycles. The fourth-order valence-electron chi connectivity index (χ4n) is 3.77. The highest BCUT2D eigenvalue weighted by Crippen LogP contribution is 2.34. The Labute approximate surface area is 177 Å². The fourth-order valence-corrected chi connectivity index (χ4v) is 3.77. The SMILES string of the molecule is Cc1nc(-c2ccccc2Cc2nc(NC3CCC(F)(F)CC3)c(C=N)c(=O)[nH]2)n[nH]1. The van der Waals surface area contributed by atoms with Gasteiger partial charge in [-0.25, -0.2) is 18.7 Å². The summed E-state index contributed by atoms with van der Waals surface area (Å²) in [6, 6.07) is 7.34. The lowest BCUT2D eigenvalue weighted by Gasteiger charge is -2.29. The summed E-state index contributed by atoms with van der Waals surface area (Å²) in [4.78, 5) is 24.2. The first-order chi connectivity index (χ1) is 14.8. The topological polar surface area (TPSA) is 123 Å². The third-order valence-corrected chi connectivity index (χ3v) is 5.42. The monoisotopic (exact) mass is 427 g/mol. The highest BCUT2D eigenvalue weighted by molar-refractivity contribution is 5.83. The second-order valence-corrected chi connectivity index (χ2v) is 7.77. The van der Waals surface area contributed by atoms with Crippen molar-refractivity contribution in [3.8, 4) is 11.4 Å². The molecule has 0 bridgehead atoms. The Kier molecular flexibility index (Phi) is 5.62. The molecule has 162 valence electrons. The molecule has 3 aromatic rings. The third-order valence-electron chi connectivity index (χ3n) is 5.42. The molecule has 0 atom stereocenters. The van der Waals surface area contributed by atoms with Gasteiger partial charge in [-0.3, -0.25) is 9.89 Å². The fraction of sp³-hybridized carbons (Fsp3) is 0.381. The number of benzene rings is 1. The van der Waals surface area contributed by atoms with E-state index in [2.05, 4.69) is 30.5 Å². The van der Waals surface area contributed by atoms with Crippen LogP contribution in [0, 0.1) is 12.3 Å². The summed E-state index contributed by atoms with van der Waals surface area (Å²) in [5.74, 6) is -0.754. The Hall–Kier alpha value is -3.43. The molecule has 0 aliphatic heterocycles. The second kappa shape index (κ2) is 8.37. The van der Waals surface area contributed by atoms with Crippen LogP contribution in [0.5, 0.6) is 0 Å². The molecule has 0 amide bonds. The summed E-state index contributed by atoms with van der Waals surface area (Å²) >= 11 is 0. The number of nitrogens with zero attached hydrogens (tertiary/aromatic N) is 3. The molecule has 4 N–H and O–H groups in total. The Bertz CT molecular complexity index is 1140. The van der Waals surface area contributed by atoms with Gasteiger partial charge in [-0.1, -0.05) is 24.3 Å². The van der Waals surface area contributed by atoms with Crippen molar-refractivity contribution in [3.05, 3.63) is 57.4 Å². The molecule has 1 aromatic carbocycles. The van der Waals surface area contributed by atoms with E-state index in [0.717, 1.165) is 17.3 Å². The molecule has 2 aromatic heterocycles. The normalized spacial score (nSPS) is 16.2. The Balaban J connectivity index is 1.62. The van der Waals surface area contributed by atoms with E-state index in [-0.39, 0.29) is 43.1 Å². The zero-order valence-electron chi connectivity index (χ0n) is 17.0. The van der Waals surface area contributed by atoms with E-state index >= 15 is 0 Å². The summed E-state index contributed by atoms with van der Waals surface area (Å²) < 4.78 is 26.9. The first-order valence-corrected chi connectivity index (χ1v) is 10.1. The van der Waals surface area contributed by atoms with E-state index in [1.807, 2.05) is 31.2 Å². The molecule has 1 aliphatic carbocycles. The van der Waals surface area contributed by atoms with Crippen molar-refractivity contribution >= 4 is 12.0 Å². The predicted octanol–water partition coefficient (Wildman–Crippen LogP) is 3.44. The van der Waals surface area contributed by atoms with Gasteiger partial charge in [-0.15, -0.1) is 0 Å². The van der Waals surface area contributed by atoms with Gasteiger partial charge in [0.05, 0.1) is 5.56 Å². The van der Waals surface area contributed by atoms with Gasteiger partial charge in [0.15, 0.2) is 5.82 Å². The summed E-state index contributed by atoms with van der Waals surface area (Å²) in [6.07, 6.45) is 1.39. The molecule has 8 nitrogen and oxygen atoms in total. The maximum atomic E-state index is 13.5. The number of hydrogen-bond donors (Lipinski definition) is 4. The van der Waals surface area contributed by atoms with Gasteiger partial charge in [0, 0.05) is 37.1 Å². The molecule has 1 aliphatic rings. The van der Waals surface area contributed by atoms with Crippen LogP contribution in [-0.4, -0.2) is 43.3 Å². The summed E-state index contributed by atoms with van der Waals surface area (Å²) in [5.41, 5.74) is 1.32. The molecule has 0 unspecified atom stereocenters. The van der Waals surface area contributed by atoms with Gasteiger partial charge < -0.3 is 15.7 Å². The van der Waals surface area contributed by atoms with Crippen LogP contribution in [0.1, 0.15) is 48.5 Å². The first kappa shape index (κ1) is 20.8. The standard InChI is InChI=1S/C21H23F2N7O/c1-12-25-19(30-29-12)15-5-3-2-4-13(15)10-17-27-18(16(11-24)20(31)28-17)26-14-6-8-21(22,23)9-7-14/h2-5,11,14,24H,6-10H2,1H3,(H,25,29,30)(H2,26,27,28,31). The van der Waals surface area contributed by atoms with Crippen molar-refractivity contribution in [2.24, 2.45) is 0 Å². The third kappa shape index (κ3) is 4.68. The summed E-state index contributed by atoms with van der Waals surface area (Å²) in [6.45, 7) is 1.81. The molecule has 1 fully saturated rings. The molecule has 0 radical (unpaired) electrons. The summed E-state index contributed by atoms with van der Waals surface area (Å²) in [7, 11) is 0. The van der Waals surface area contributed by atoms with E-state index in [1.165, 1.54) is 0 Å². The van der Waals surface area contributed by atoms with Gasteiger partial charge >= 0.3 is 0 Å². The van der Waals surface area contributed by atoms with Crippen LogP contribution in [0.25, 0.3) is 11.4 Å². The minimum atomic E-state index is -2.64. The van der Waals surface area contributed by atoms with Crippen LogP contribution in [-0.2, 0) is 6.42 Å².